The van der Waals surface area contributed by atoms with Gasteiger partial charge in [0.05, 0.1) is 18.5 Å². The minimum Gasteiger partial charge on any atom is -0.497 e. The number of rotatable bonds is 6. The standard InChI is InChI=1S/C14H23N3O2/c1-5-17(6-2)14(18)10(3)16-13-8-7-11(19-4)9-12(13)15/h7-10,16H,5-6,15H2,1-4H3. The molecule has 1 unspecified atom stereocenters. The summed E-state index contributed by atoms with van der Waals surface area (Å²) in [5.74, 6) is 0.769. The number of methoxy groups -OCH3 is 1. The molecule has 0 heterocycles. The number of amides is 1. The first-order chi connectivity index (χ1) is 9.03. The van der Waals surface area contributed by atoms with Crippen molar-refractivity contribution in [1.29, 1.82) is 0 Å². The molecule has 0 bridgehead atoms. The quantitative estimate of drug-likeness (QED) is 0.771. The molecule has 19 heavy (non-hydrogen) atoms. The number of anilines is 2. The Hall–Kier alpha value is -1.91. The lowest BCUT2D eigenvalue weighted by Crippen LogP contribution is -2.41. The third-order valence-electron chi connectivity index (χ3n) is 3.08. The Balaban J connectivity index is 2.76. The SMILES string of the molecule is CCN(CC)C(=O)C(C)Nc1ccc(OC)cc1N. The second-order valence-electron chi connectivity index (χ2n) is 4.33. The highest BCUT2D eigenvalue weighted by Crippen LogP contribution is 2.24. The molecule has 1 atom stereocenters. The summed E-state index contributed by atoms with van der Waals surface area (Å²) in [6.45, 7) is 7.19. The molecule has 0 radical (unpaired) electrons. The van der Waals surface area contributed by atoms with Gasteiger partial charge >= 0.3 is 0 Å². The van der Waals surface area contributed by atoms with Crippen LogP contribution >= 0.6 is 0 Å². The van der Waals surface area contributed by atoms with E-state index < -0.39 is 0 Å². The molecule has 3 N–H and O–H groups in total. The van der Waals surface area contributed by atoms with Gasteiger partial charge in [-0.2, -0.15) is 0 Å². The van der Waals surface area contributed by atoms with Crippen LogP contribution in [-0.2, 0) is 4.79 Å². The van der Waals surface area contributed by atoms with Crippen LogP contribution in [0.1, 0.15) is 20.8 Å². The maximum Gasteiger partial charge on any atom is 0.244 e. The second kappa shape index (κ2) is 6.87. The lowest BCUT2D eigenvalue weighted by Gasteiger charge is -2.24. The van der Waals surface area contributed by atoms with E-state index in [0.29, 0.717) is 24.5 Å². The molecule has 0 spiro atoms. The predicted octanol–water partition coefficient (Wildman–Crippen LogP) is 1.95. The van der Waals surface area contributed by atoms with E-state index in [0.717, 1.165) is 5.69 Å². The molecule has 106 valence electrons. The first-order valence-electron chi connectivity index (χ1n) is 6.52. The average Bonchev–Trinajstić information content (AvgIpc) is 2.42. The van der Waals surface area contributed by atoms with Crippen molar-refractivity contribution in [3.05, 3.63) is 18.2 Å². The Morgan fingerprint density at radius 2 is 2.05 bits per heavy atom. The summed E-state index contributed by atoms with van der Waals surface area (Å²) in [4.78, 5) is 13.9. The topological polar surface area (TPSA) is 67.6 Å². The van der Waals surface area contributed by atoms with Gasteiger partial charge in [-0.15, -0.1) is 0 Å². The summed E-state index contributed by atoms with van der Waals surface area (Å²) in [7, 11) is 1.59. The van der Waals surface area contributed by atoms with Crippen LogP contribution in [0.4, 0.5) is 11.4 Å². The molecule has 0 aromatic heterocycles. The van der Waals surface area contributed by atoms with Crippen molar-refractivity contribution in [2.24, 2.45) is 0 Å². The number of carbonyl (C=O) groups is 1. The summed E-state index contributed by atoms with van der Waals surface area (Å²) >= 11 is 0. The van der Waals surface area contributed by atoms with Gasteiger partial charge in [0, 0.05) is 19.2 Å². The van der Waals surface area contributed by atoms with Gasteiger partial charge in [-0.25, -0.2) is 0 Å². The molecule has 1 rings (SSSR count). The summed E-state index contributed by atoms with van der Waals surface area (Å²) in [5.41, 5.74) is 7.23. The van der Waals surface area contributed by atoms with Crippen molar-refractivity contribution >= 4 is 17.3 Å². The van der Waals surface area contributed by atoms with Gasteiger partial charge in [0.1, 0.15) is 11.8 Å². The van der Waals surface area contributed by atoms with Crippen LogP contribution in [0.3, 0.4) is 0 Å². The van der Waals surface area contributed by atoms with E-state index in [4.69, 9.17) is 10.5 Å². The number of benzene rings is 1. The molecule has 0 aliphatic heterocycles. The van der Waals surface area contributed by atoms with Crippen molar-refractivity contribution in [2.75, 3.05) is 31.2 Å². The average molecular weight is 265 g/mol. The Morgan fingerprint density at radius 3 is 2.53 bits per heavy atom. The van der Waals surface area contributed by atoms with Gasteiger partial charge in [0.15, 0.2) is 0 Å². The Morgan fingerprint density at radius 1 is 1.42 bits per heavy atom. The third kappa shape index (κ3) is 3.77. The van der Waals surface area contributed by atoms with Crippen molar-refractivity contribution in [3.8, 4) is 5.75 Å². The van der Waals surface area contributed by atoms with Crippen molar-refractivity contribution in [3.63, 3.8) is 0 Å². The van der Waals surface area contributed by atoms with E-state index in [1.165, 1.54) is 0 Å². The number of carbonyl (C=O) groups excluding carboxylic acids is 1. The van der Waals surface area contributed by atoms with E-state index in [9.17, 15) is 4.79 Å². The van der Waals surface area contributed by atoms with E-state index in [1.54, 1.807) is 18.1 Å². The van der Waals surface area contributed by atoms with Crippen molar-refractivity contribution < 1.29 is 9.53 Å². The van der Waals surface area contributed by atoms with E-state index in [1.807, 2.05) is 32.9 Å². The highest BCUT2D eigenvalue weighted by molar-refractivity contribution is 5.85. The second-order valence-corrected chi connectivity index (χ2v) is 4.33. The van der Waals surface area contributed by atoms with Crippen LogP contribution < -0.4 is 15.8 Å². The van der Waals surface area contributed by atoms with Gasteiger partial charge < -0.3 is 20.7 Å². The maximum absolute atomic E-state index is 12.1. The molecule has 1 aromatic rings. The van der Waals surface area contributed by atoms with Crippen LogP contribution in [0.2, 0.25) is 0 Å². The number of likely N-dealkylation sites (N-methyl/N-ethyl adjacent to an activating group) is 1. The molecule has 1 amide bonds. The zero-order chi connectivity index (χ0) is 14.4. The fourth-order valence-electron chi connectivity index (χ4n) is 1.90. The van der Waals surface area contributed by atoms with Gasteiger partial charge in [-0.3, -0.25) is 4.79 Å². The Labute approximate surface area is 114 Å². The number of nitrogens with zero attached hydrogens (tertiary/aromatic N) is 1. The van der Waals surface area contributed by atoms with Gasteiger partial charge in [-0.05, 0) is 32.9 Å². The summed E-state index contributed by atoms with van der Waals surface area (Å²) < 4.78 is 5.09. The van der Waals surface area contributed by atoms with Crippen LogP contribution in [0.25, 0.3) is 0 Å². The molecule has 5 nitrogen and oxygen atoms in total. The number of hydrogen-bond acceptors (Lipinski definition) is 4. The summed E-state index contributed by atoms with van der Waals surface area (Å²) in [6.07, 6.45) is 0. The minimum absolute atomic E-state index is 0.0696. The zero-order valence-corrected chi connectivity index (χ0v) is 12.1. The van der Waals surface area contributed by atoms with E-state index in [2.05, 4.69) is 5.32 Å². The van der Waals surface area contributed by atoms with Crippen LogP contribution in [0.15, 0.2) is 18.2 Å². The Kier molecular flexibility index (Phi) is 5.48. The highest BCUT2D eigenvalue weighted by Gasteiger charge is 2.18. The fourth-order valence-corrected chi connectivity index (χ4v) is 1.90. The monoisotopic (exact) mass is 265 g/mol. The molecular formula is C14H23N3O2. The number of nitrogen functional groups attached to an aromatic ring is 1. The fraction of sp³-hybridized carbons (Fsp3) is 0.500. The lowest BCUT2D eigenvalue weighted by atomic mass is 10.2. The Bertz CT molecular complexity index is 431. The van der Waals surface area contributed by atoms with Crippen molar-refractivity contribution in [1.82, 2.24) is 4.90 Å². The van der Waals surface area contributed by atoms with E-state index in [-0.39, 0.29) is 11.9 Å². The number of hydrogen-bond donors (Lipinski definition) is 2. The number of nitrogens with two attached hydrogens (primary N) is 1. The first-order valence-corrected chi connectivity index (χ1v) is 6.52. The van der Waals surface area contributed by atoms with Crippen LogP contribution in [0, 0.1) is 0 Å². The zero-order valence-electron chi connectivity index (χ0n) is 12.1. The highest BCUT2D eigenvalue weighted by atomic mass is 16.5. The predicted molar refractivity (Wildman–Crippen MR) is 78.4 cm³/mol. The normalized spacial score (nSPS) is 11.8. The van der Waals surface area contributed by atoms with Gasteiger partial charge in [0.25, 0.3) is 0 Å². The molecule has 0 saturated carbocycles. The molecule has 0 aliphatic carbocycles. The minimum atomic E-state index is -0.310. The van der Waals surface area contributed by atoms with E-state index >= 15 is 0 Å². The first kappa shape index (κ1) is 15.1. The van der Waals surface area contributed by atoms with Crippen molar-refractivity contribution in [2.45, 2.75) is 26.8 Å². The molecule has 0 aliphatic rings. The molecule has 5 heteroatoms. The maximum atomic E-state index is 12.1. The molecular weight excluding hydrogens is 242 g/mol. The largest absolute Gasteiger partial charge is 0.497 e. The number of ether oxygens (including phenoxy) is 1. The molecule has 0 saturated heterocycles. The number of nitrogens with one attached hydrogen (secondary N) is 1. The summed E-state index contributed by atoms with van der Waals surface area (Å²) in [6, 6.07) is 5.06. The van der Waals surface area contributed by atoms with Crippen LogP contribution in [0.5, 0.6) is 5.75 Å². The third-order valence-corrected chi connectivity index (χ3v) is 3.08. The summed E-state index contributed by atoms with van der Waals surface area (Å²) in [5, 5.41) is 3.14. The van der Waals surface area contributed by atoms with Gasteiger partial charge in [0.2, 0.25) is 5.91 Å². The molecule has 1 aromatic carbocycles. The lowest BCUT2D eigenvalue weighted by molar-refractivity contribution is -0.131. The van der Waals surface area contributed by atoms with Gasteiger partial charge in [-0.1, -0.05) is 0 Å². The molecule has 0 fully saturated rings. The smallest absolute Gasteiger partial charge is 0.244 e. The van der Waals surface area contributed by atoms with Crippen LogP contribution in [-0.4, -0.2) is 37.0 Å².